The molecule has 0 spiro atoms. The monoisotopic (exact) mass is 286 g/mol. The van der Waals surface area contributed by atoms with Gasteiger partial charge in [0.25, 0.3) is 0 Å². The molecule has 1 aromatic rings. The summed E-state index contributed by atoms with van der Waals surface area (Å²) in [4.78, 5) is 14.7. The van der Waals surface area contributed by atoms with Gasteiger partial charge in [-0.25, -0.2) is 0 Å². The van der Waals surface area contributed by atoms with Gasteiger partial charge in [0.15, 0.2) is 0 Å². The summed E-state index contributed by atoms with van der Waals surface area (Å²) >= 11 is 0. The first-order valence-electron chi connectivity index (χ1n) is 7.97. The molecule has 4 heteroatoms. The summed E-state index contributed by atoms with van der Waals surface area (Å²) in [5, 5.41) is 0. The molecule has 3 saturated heterocycles. The van der Waals surface area contributed by atoms with E-state index in [0.29, 0.717) is 12.6 Å². The van der Waals surface area contributed by atoms with E-state index in [1.807, 2.05) is 23.1 Å². The molecule has 112 valence electrons. The summed E-state index contributed by atoms with van der Waals surface area (Å²) in [6, 6.07) is 10.3. The highest BCUT2D eigenvalue weighted by molar-refractivity contribution is 5.80. The molecular weight excluding hydrogens is 264 g/mol. The number of carbonyl (C=O) groups is 1. The number of carbonyl (C=O) groups excluding carboxylic acids is 1. The fourth-order valence-electron chi connectivity index (χ4n) is 4.19. The molecule has 21 heavy (non-hydrogen) atoms. The Bertz CT molecular complexity index is 533. The first-order valence-corrected chi connectivity index (χ1v) is 7.97. The molecule has 3 heterocycles. The minimum Gasteiger partial charge on any atom is -0.374 e. The van der Waals surface area contributed by atoms with Crippen molar-refractivity contribution in [3.05, 3.63) is 35.9 Å². The van der Waals surface area contributed by atoms with Crippen LogP contribution in [0.25, 0.3) is 0 Å². The smallest absolute Gasteiger partial charge is 0.228 e. The van der Waals surface area contributed by atoms with E-state index >= 15 is 0 Å². The first-order chi connectivity index (χ1) is 10.2. The van der Waals surface area contributed by atoms with Crippen molar-refractivity contribution < 1.29 is 9.53 Å². The van der Waals surface area contributed by atoms with Crippen molar-refractivity contribution in [3.8, 4) is 0 Å². The average molecular weight is 286 g/mol. The highest BCUT2D eigenvalue weighted by Gasteiger charge is 2.47. The van der Waals surface area contributed by atoms with Crippen molar-refractivity contribution in [1.82, 2.24) is 4.90 Å². The molecule has 3 aliphatic heterocycles. The van der Waals surface area contributed by atoms with Gasteiger partial charge in [0.1, 0.15) is 0 Å². The predicted molar refractivity (Wildman–Crippen MR) is 79.7 cm³/mol. The maximum Gasteiger partial charge on any atom is 0.228 e. The molecule has 3 fully saturated rings. The zero-order valence-corrected chi connectivity index (χ0v) is 12.2. The second kappa shape index (κ2) is 5.11. The number of ether oxygens (including phenoxy) is 1. The molecule has 3 aliphatic rings. The van der Waals surface area contributed by atoms with Crippen LogP contribution in [-0.4, -0.2) is 42.1 Å². The Balaban J connectivity index is 1.47. The van der Waals surface area contributed by atoms with Crippen LogP contribution in [0.3, 0.4) is 0 Å². The Morgan fingerprint density at radius 3 is 2.67 bits per heavy atom. The predicted octanol–water partition coefficient (Wildman–Crippen LogP) is 1.51. The molecule has 5 atom stereocenters. The van der Waals surface area contributed by atoms with Crippen LogP contribution >= 0.6 is 0 Å². The molecule has 4 rings (SSSR count). The van der Waals surface area contributed by atoms with Crippen LogP contribution in [0.2, 0.25) is 0 Å². The highest BCUT2D eigenvalue weighted by Crippen LogP contribution is 2.40. The molecule has 0 aliphatic carbocycles. The van der Waals surface area contributed by atoms with Gasteiger partial charge in [-0.2, -0.15) is 0 Å². The number of amides is 1. The first kappa shape index (κ1) is 13.3. The van der Waals surface area contributed by atoms with Gasteiger partial charge in [-0.3, -0.25) is 4.79 Å². The number of hydrogen-bond acceptors (Lipinski definition) is 3. The van der Waals surface area contributed by atoms with Gasteiger partial charge in [-0.1, -0.05) is 30.3 Å². The van der Waals surface area contributed by atoms with Crippen LogP contribution < -0.4 is 5.73 Å². The number of fused-ring (bicyclic) bond motifs is 2. The Kier molecular flexibility index (Phi) is 3.23. The molecular formula is C17H22N2O2. The van der Waals surface area contributed by atoms with Crippen LogP contribution in [-0.2, 0) is 9.53 Å². The number of rotatable bonds is 2. The zero-order chi connectivity index (χ0) is 14.4. The van der Waals surface area contributed by atoms with E-state index in [0.717, 1.165) is 25.8 Å². The Hall–Kier alpha value is -1.39. The van der Waals surface area contributed by atoms with Gasteiger partial charge >= 0.3 is 0 Å². The minimum absolute atomic E-state index is 0.0378. The lowest BCUT2D eigenvalue weighted by molar-refractivity contribution is -0.136. The van der Waals surface area contributed by atoms with Crippen LogP contribution in [0.1, 0.15) is 30.7 Å². The third-order valence-electron chi connectivity index (χ3n) is 5.33. The fraction of sp³-hybridized carbons (Fsp3) is 0.588. The summed E-state index contributed by atoms with van der Waals surface area (Å²) in [7, 11) is 0. The third kappa shape index (κ3) is 2.27. The maximum atomic E-state index is 12.8. The van der Waals surface area contributed by atoms with Gasteiger partial charge in [-0.15, -0.1) is 0 Å². The van der Waals surface area contributed by atoms with Gasteiger partial charge in [0.05, 0.1) is 18.1 Å². The maximum absolute atomic E-state index is 12.8. The van der Waals surface area contributed by atoms with Gasteiger partial charge in [0.2, 0.25) is 5.91 Å². The van der Waals surface area contributed by atoms with Crippen LogP contribution in [0.4, 0.5) is 0 Å². The topological polar surface area (TPSA) is 55.6 Å². The number of benzene rings is 1. The number of likely N-dealkylation sites (tertiary alicyclic amines) is 1. The molecule has 1 aromatic carbocycles. The second-order valence-electron chi connectivity index (χ2n) is 6.64. The van der Waals surface area contributed by atoms with Crippen molar-refractivity contribution in [2.24, 2.45) is 11.7 Å². The molecule has 2 bridgehead atoms. The molecule has 0 aromatic heterocycles. The third-order valence-corrected chi connectivity index (χ3v) is 5.33. The molecule has 0 saturated carbocycles. The van der Waals surface area contributed by atoms with Crippen molar-refractivity contribution in [3.63, 3.8) is 0 Å². The molecule has 1 amide bonds. The van der Waals surface area contributed by atoms with E-state index in [1.54, 1.807) is 0 Å². The lowest BCUT2D eigenvalue weighted by atomic mass is 9.88. The molecule has 3 unspecified atom stereocenters. The number of hydrogen-bond donors (Lipinski definition) is 1. The second-order valence-corrected chi connectivity index (χ2v) is 6.64. The van der Waals surface area contributed by atoms with Gasteiger partial charge < -0.3 is 15.4 Å². The van der Waals surface area contributed by atoms with Crippen LogP contribution in [0.15, 0.2) is 30.3 Å². The Morgan fingerprint density at radius 2 is 2.00 bits per heavy atom. The van der Waals surface area contributed by atoms with E-state index in [2.05, 4.69) is 12.1 Å². The van der Waals surface area contributed by atoms with Crippen molar-refractivity contribution >= 4 is 5.91 Å². The zero-order valence-electron chi connectivity index (χ0n) is 12.2. The molecule has 2 N–H and O–H groups in total. The van der Waals surface area contributed by atoms with Crippen molar-refractivity contribution in [2.75, 3.05) is 13.1 Å². The number of nitrogens with two attached hydrogens (primary N) is 1. The lowest BCUT2D eigenvalue weighted by Crippen LogP contribution is -2.39. The van der Waals surface area contributed by atoms with E-state index in [4.69, 9.17) is 10.5 Å². The summed E-state index contributed by atoms with van der Waals surface area (Å²) in [5.41, 5.74) is 7.53. The fourth-order valence-corrected chi connectivity index (χ4v) is 4.19. The lowest BCUT2D eigenvalue weighted by Gasteiger charge is -2.24. The van der Waals surface area contributed by atoms with Gasteiger partial charge in [0, 0.05) is 25.0 Å². The quantitative estimate of drug-likeness (QED) is 0.896. The number of nitrogens with zero attached hydrogens (tertiary/aromatic N) is 1. The van der Waals surface area contributed by atoms with E-state index < -0.39 is 0 Å². The Morgan fingerprint density at radius 1 is 1.19 bits per heavy atom. The Labute approximate surface area is 125 Å². The summed E-state index contributed by atoms with van der Waals surface area (Å²) in [6.07, 6.45) is 3.56. The van der Waals surface area contributed by atoms with E-state index in [9.17, 15) is 4.79 Å². The van der Waals surface area contributed by atoms with Crippen molar-refractivity contribution in [2.45, 2.75) is 43.4 Å². The summed E-state index contributed by atoms with van der Waals surface area (Å²) in [5.74, 6) is 0.594. The SMILES string of the molecule is N[C@@H]1CN(C(=O)C2CC3CCC2O3)C[C@H]1c1ccccc1. The average Bonchev–Trinajstić information content (AvgIpc) is 3.22. The minimum atomic E-state index is 0.0378. The van der Waals surface area contributed by atoms with Crippen LogP contribution in [0.5, 0.6) is 0 Å². The molecule has 4 nitrogen and oxygen atoms in total. The van der Waals surface area contributed by atoms with Gasteiger partial charge in [-0.05, 0) is 24.8 Å². The molecule has 0 radical (unpaired) electrons. The summed E-state index contributed by atoms with van der Waals surface area (Å²) in [6.45, 7) is 1.42. The van der Waals surface area contributed by atoms with Crippen molar-refractivity contribution in [1.29, 1.82) is 0 Å². The highest BCUT2D eigenvalue weighted by atomic mass is 16.5. The standard InChI is InChI=1S/C17H22N2O2/c18-15-10-19(9-14(15)11-4-2-1-3-5-11)17(20)13-8-12-6-7-16(13)21-12/h1-5,12-16H,6-10,18H2/t12?,13?,14-,15+,16?/m0/s1. The largest absolute Gasteiger partial charge is 0.374 e. The van der Waals surface area contributed by atoms with E-state index in [1.165, 1.54) is 5.56 Å². The normalized spacial score (nSPS) is 38.1. The summed E-state index contributed by atoms with van der Waals surface area (Å²) < 4.78 is 5.83. The van der Waals surface area contributed by atoms with Crippen LogP contribution in [0, 0.1) is 5.92 Å². The van der Waals surface area contributed by atoms with E-state index in [-0.39, 0.29) is 29.9 Å².